The molecule has 0 bridgehead atoms. The van der Waals surface area contributed by atoms with Crippen LogP contribution in [0.3, 0.4) is 0 Å². The lowest BCUT2D eigenvalue weighted by Crippen LogP contribution is -2.14. The Morgan fingerprint density at radius 2 is 1.86 bits per heavy atom. The molecule has 9 heteroatoms. The number of thioether (sulfide) groups is 1. The summed E-state index contributed by atoms with van der Waals surface area (Å²) in [6, 6.07) is 13.4. The third-order valence-corrected chi connectivity index (χ3v) is 5.31. The molecule has 2 heterocycles. The molecule has 28 heavy (non-hydrogen) atoms. The molecule has 0 spiro atoms. The van der Waals surface area contributed by atoms with Gasteiger partial charge in [0.05, 0.1) is 24.5 Å². The molecule has 0 amide bonds. The van der Waals surface area contributed by atoms with E-state index in [9.17, 15) is 0 Å². The minimum absolute atomic E-state index is 0. The molecule has 0 saturated carbocycles. The average Bonchev–Trinajstić information content (AvgIpc) is 3.13. The summed E-state index contributed by atoms with van der Waals surface area (Å²) in [7, 11) is 1.64. The Bertz CT molecular complexity index is 1010. The molecule has 4 rings (SSSR count). The van der Waals surface area contributed by atoms with Crippen molar-refractivity contribution in [2.24, 2.45) is 5.10 Å². The fourth-order valence-corrected chi connectivity index (χ4v) is 3.82. The van der Waals surface area contributed by atoms with Crippen molar-refractivity contribution in [3.63, 3.8) is 0 Å². The van der Waals surface area contributed by atoms with Gasteiger partial charge >= 0.3 is 0 Å². The zero-order chi connectivity index (χ0) is 18.8. The van der Waals surface area contributed by atoms with E-state index < -0.39 is 0 Å². The van der Waals surface area contributed by atoms with Crippen LogP contribution in [0.1, 0.15) is 12.5 Å². The summed E-state index contributed by atoms with van der Waals surface area (Å²) < 4.78 is 12.5. The fourth-order valence-electron chi connectivity index (χ4n) is 2.74. The van der Waals surface area contributed by atoms with Gasteiger partial charge in [0, 0.05) is 16.9 Å². The van der Waals surface area contributed by atoms with Gasteiger partial charge < -0.3 is 9.47 Å². The quantitative estimate of drug-likeness (QED) is 0.575. The topological polar surface area (TPSA) is 61.5 Å². The van der Waals surface area contributed by atoms with Gasteiger partial charge in [-0.2, -0.15) is 9.78 Å². The normalized spacial score (nSPS) is 12.6. The second-order valence-corrected chi connectivity index (χ2v) is 7.11. The molecule has 146 valence electrons. The first-order chi connectivity index (χ1) is 13.2. The van der Waals surface area contributed by atoms with Crippen LogP contribution >= 0.6 is 35.8 Å². The number of rotatable bonds is 5. The Morgan fingerprint density at radius 3 is 2.54 bits per heavy atom. The Balaban J connectivity index is 0.00000225. The van der Waals surface area contributed by atoms with Crippen molar-refractivity contribution in [2.45, 2.75) is 12.1 Å². The van der Waals surface area contributed by atoms with Crippen molar-refractivity contribution >= 4 is 41.5 Å². The van der Waals surface area contributed by atoms with Crippen LogP contribution in [0, 0.1) is 0 Å². The summed E-state index contributed by atoms with van der Waals surface area (Å²) in [4.78, 5) is 0. The van der Waals surface area contributed by atoms with Gasteiger partial charge in [-0.15, -0.1) is 22.6 Å². The maximum atomic E-state index is 6.33. The predicted molar refractivity (Wildman–Crippen MR) is 115 cm³/mol. The van der Waals surface area contributed by atoms with Crippen molar-refractivity contribution in [2.75, 3.05) is 19.5 Å². The van der Waals surface area contributed by atoms with Gasteiger partial charge in [0.1, 0.15) is 11.5 Å². The zero-order valence-electron chi connectivity index (χ0n) is 15.3. The number of hydrogen-bond donors (Lipinski definition) is 0. The highest BCUT2D eigenvalue weighted by Crippen LogP contribution is 2.31. The van der Waals surface area contributed by atoms with E-state index >= 15 is 0 Å². The zero-order valence-corrected chi connectivity index (χ0v) is 17.6. The number of ether oxygens (including phenoxy) is 2. The molecule has 1 aromatic heterocycles. The number of halogens is 2. The van der Waals surface area contributed by atoms with Crippen molar-refractivity contribution in [3.8, 4) is 22.9 Å². The summed E-state index contributed by atoms with van der Waals surface area (Å²) in [5, 5.41) is 14.7. The molecular weight excluding hydrogens is 419 g/mol. The van der Waals surface area contributed by atoms with Gasteiger partial charge in [0.2, 0.25) is 5.16 Å². The summed E-state index contributed by atoms with van der Waals surface area (Å²) in [6.45, 7) is 2.51. The van der Waals surface area contributed by atoms with Crippen LogP contribution in [-0.2, 0) is 0 Å². The Hall–Kier alpha value is -2.22. The molecule has 0 atom stereocenters. The van der Waals surface area contributed by atoms with Crippen LogP contribution in [0.15, 0.2) is 52.7 Å². The van der Waals surface area contributed by atoms with E-state index in [1.54, 1.807) is 23.5 Å². The largest absolute Gasteiger partial charge is 0.497 e. The standard InChI is InChI=1S/C19H17ClN4O2S.ClH/c1-3-26-17-9-6-13(10-15(17)20)16-11-27-19-22-21-18(24(19)23-16)12-4-7-14(25-2)8-5-12;/h4-10H,3,11H2,1-2H3;1H. The lowest BCUT2D eigenvalue weighted by Gasteiger charge is -2.15. The molecule has 1 aliphatic rings. The fraction of sp³-hybridized carbons (Fsp3) is 0.211. The summed E-state index contributed by atoms with van der Waals surface area (Å²) >= 11 is 7.93. The lowest BCUT2D eigenvalue weighted by atomic mass is 10.1. The molecule has 3 aromatic rings. The Labute approximate surface area is 178 Å². The average molecular weight is 437 g/mol. The molecule has 2 aromatic carbocycles. The maximum Gasteiger partial charge on any atom is 0.212 e. The van der Waals surface area contributed by atoms with Crippen molar-refractivity contribution in [1.82, 2.24) is 14.9 Å². The first kappa shape index (κ1) is 20.5. The highest BCUT2D eigenvalue weighted by molar-refractivity contribution is 7.99. The first-order valence-corrected chi connectivity index (χ1v) is 9.79. The van der Waals surface area contributed by atoms with E-state index in [4.69, 9.17) is 26.2 Å². The smallest absolute Gasteiger partial charge is 0.212 e. The van der Waals surface area contributed by atoms with E-state index in [-0.39, 0.29) is 12.4 Å². The maximum absolute atomic E-state index is 6.33. The molecule has 0 saturated heterocycles. The molecule has 6 nitrogen and oxygen atoms in total. The third-order valence-electron chi connectivity index (χ3n) is 4.08. The molecule has 0 N–H and O–H groups in total. The van der Waals surface area contributed by atoms with Crippen LogP contribution in [-0.4, -0.2) is 40.1 Å². The molecule has 0 aliphatic carbocycles. The Kier molecular flexibility index (Phi) is 6.49. The minimum atomic E-state index is 0. The highest BCUT2D eigenvalue weighted by atomic mass is 35.5. The van der Waals surface area contributed by atoms with Crippen LogP contribution in [0.25, 0.3) is 11.4 Å². The van der Waals surface area contributed by atoms with Gasteiger partial charge in [-0.25, -0.2) is 0 Å². The highest BCUT2D eigenvalue weighted by Gasteiger charge is 2.21. The van der Waals surface area contributed by atoms with Gasteiger partial charge in [-0.1, -0.05) is 23.4 Å². The monoisotopic (exact) mass is 436 g/mol. The van der Waals surface area contributed by atoms with E-state index in [1.807, 2.05) is 49.4 Å². The number of benzene rings is 2. The number of hydrogen-bond acceptors (Lipinski definition) is 6. The molecule has 0 unspecified atom stereocenters. The van der Waals surface area contributed by atoms with Gasteiger partial charge in [0.25, 0.3) is 0 Å². The summed E-state index contributed by atoms with van der Waals surface area (Å²) in [5.41, 5.74) is 2.79. The van der Waals surface area contributed by atoms with Crippen molar-refractivity contribution in [1.29, 1.82) is 0 Å². The van der Waals surface area contributed by atoms with E-state index in [2.05, 4.69) is 10.2 Å². The van der Waals surface area contributed by atoms with Gasteiger partial charge in [0.15, 0.2) is 5.82 Å². The second kappa shape index (κ2) is 8.86. The van der Waals surface area contributed by atoms with Crippen LogP contribution < -0.4 is 9.47 Å². The van der Waals surface area contributed by atoms with Crippen molar-refractivity contribution in [3.05, 3.63) is 53.1 Å². The second-order valence-electron chi connectivity index (χ2n) is 5.76. The number of fused-ring (bicyclic) bond motifs is 1. The van der Waals surface area contributed by atoms with Gasteiger partial charge in [-0.05, 0) is 49.4 Å². The number of aromatic nitrogens is 3. The first-order valence-electron chi connectivity index (χ1n) is 8.43. The third kappa shape index (κ3) is 3.97. The molecule has 0 radical (unpaired) electrons. The lowest BCUT2D eigenvalue weighted by molar-refractivity contribution is 0.340. The Morgan fingerprint density at radius 1 is 1.11 bits per heavy atom. The predicted octanol–water partition coefficient (Wildman–Crippen LogP) is 4.79. The van der Waals surface area contributed by atoms with E-state index in [1.165, 1.54) is 0 Å². The minimum Gasteiger partial charge on any atom is -0.497 e. The SMILES string of the molecule is CCOc1ccc(C2=Nn3c(nnc3-c3ccc(OC)cc3)SC2)cc1Cl.Cl. The van der Waals surface area contributed by atoms with E-state index in [0.717, 1.165) is 27.7 Å². The van der Waals surface area contributed by atoms with Gasteiger partial charge in [-0.3, -0.25) is 0 Å². The molecule has 1 aliphatic heterocycles. The van der Waals surface area contributed by atoms with Crippen LogP contribution in [0.5, 0.6) is 11.5 Å². The summed E-state index contributed by atoms with van der Waals surface area (Å²) in [5.74, 6) is 2.86. The number of methoxy groups -OCH3 is 1. The van der Waals surface area contributed by atoms with E-state index in [0.29, 0.717) is 29.0 Å². The van der Waals surface area contributed by atoms with Crippen LogP contribution in [0.4, 0.5) is 0 Å². The molecular formula is C19H18Cl2N4O2S. The summed E-state index contributed by atoms with van der Waals surface area (Å²) in [6.07, 6.45) is 0. The van der Waals surface area contributed by atoms with Crippen LogP contribution in [0.2, 0.25) is 5.02 Å². The molecule has 0 fully saturated rings. The van der Waals surface area contributed by atoms with Crippen molar-refractivity contribution < 1.29 is 9.47 Å². The number of nitrogens with zero attached hydrogens (tertiary/aromatic N) is 4.